The molecule has 5 aromatic rings. The zero-order valence-electron chi connectivity index (χ0n) is 31.0. The van der Waals surface area contributed by atoms with Gasteiger partial charge >= 0.3 is 0 Å². The predicted octanol–water partition coefficient (Wildman–Crippen LogP) is 7.61. The van der Waals surface area contributed by atoms with E-state index in [9.17, 15) is 28.7 Å². The molecule has 10 nitrogen and oxygen atoms in total. The molecule has 2 aliphatic carbocycles. The van der Waals surface area contributed by atoms with Crippen LogP contribution in [-0.4, -0.2) is 46.6 Å². The molecule has 2 saturated heterocycles. The van der Waals surface area contributed by atoms with Gasteiger partial charge in [0.15, 0.2) is 17.3 Å². The molecule has 3 fully saturated rings. The Morgan fingerprint density at radius 2 is 1.52 bits per heavy atom. The van der Waals surface area contributed by atoms with Crippen LogP contribution in [0.2, 0.25) is 5.02 Å². The highest BCUT2D eigenvalue weighted by atomic mass is 35.5. The number of carbonyl (C=O) groups is 5. The number of ketones is 1. The number of ether oxygens (including phenoxy) is 1. The molecule has 4 aliphatic rings. The van der Waals surface area contributed by atoms with Crippen LogP contribution in [-0.2, 0) is 24.6 Å². The number of nitrogens with zero attached hydrogens (tertiary/aromatic N) is 2. The third kappa shape index (κ3) is 5.63. The van der Waals surface area contributed by atoms with Crippen LogP contribution in [0.3, 0.4) is 0 Å². The van der Waals surface area contributed by atoms with Crippen LogP contribution in [0.15, 0.2) is 133 Å². The quantitative estimate of drug-likeness (QED) is 0.0932. The van der Waals surface area contributed by atoms with Crippen LogP contribution in [0.25, 0.3) is 0 Å². The Bertz CT molecular complexity index is 2550. The van der Waals surface area contributed by atoms with Gasteiger partial charge in [-0.15, -0.1) is 0 Å². The molecule has 5 aromatic carbocycles. The lowest BCUT2D eigenvalue weighted by molar-refractivity contribution is -0.138. The molecule has 0 radical (unpaired) electrons. The molecule has 2 heterocycles. The first-order chi connectivity index (χ1) is 28.0. The van der Waals surface area contributed by atoms with Gasteiger partial charge in [-0.05, 0) is 103 Å². The number of halogens is 2. The van der Waals surface area contributed by atoms with Crippen molar-refractivity contribution in [2.75, 3.05) is 17.4 Å². The summed E-state index contributed by atoms with van der Waals surface area (Å²) in [5.74, 6) is -6.95. The average molecular weight is 796 g/mol. The monoisotopic (exact) mass is 795 g/mol. The summed E-state index contributed by atoms with van der Waals surface area (Å²) in [6.07, 6.45) is 2.13. The van der Waals surface area contributed by atoms with E-state index in [4.69, 9.17) is 16.3 Å². The van der Waals surface area contributed by atoms with Crippen molar-refractivity contribution in [2.45, 2.75) is 24.2 Å². The zero-order chi connectivity index (χ0) is 40.5. The second-order valence-electron chi connectivity index (χ2n) is 15.1. The Morgan fingerprint density at radius 3 is 2.19 bits per heavy atom. The highest BCUT2D eigenvalue weighted by molar-refractivity contribution is 6.30. The Balaban J connectivity index is 1.16. The summed E-state index contributed by atoms with van der Waals surface area (Å²) in [5, 5.41) is 12.5. The number of carbonyl (C=O) groups excluding carboxylic acids is 5. The van der Waals surface area contributed by atoms with E-state index < -0.39 is 64.5 Å². The highest BCUT2D eigenvalue weighted by Crippen LogP contribution is 2.64. The van der Waals surface area contributed by atoms with E-state index in [2.05, 4.69) is 5.43 Å². The Morgan fingerprint density at radius 1 is 0.828 bits per heavy atom. The van der Waals surface area contributed by atoms with Crippen molar-refractivity contribution in [3.63, 3.8) is 0 Å². The van der Waals surface area contributed by atoms with E-state index in [1.165, 1.54) is 42.3 Å². The number of rotatable bonds is 8. The standard InChI is InChI=1S/C46H35ClFN3O7/c1-58-38-22-9-27(23-37(38)52)40-33-20-21-34-39(44(56)50(42(34)54)32-18-7-26(8-19-32)41(53)25-5-3-2-4-6-25)35(33)24-36-43(55)51(49-31-16-14-30(48)15-17-31)45(57)46(36,40)28-10-12-29(47)13-11-28/h2-20,22-23,34-36,39-40,49,52H,21,24H2,1H3. The number of hydrogen-bond acceptors (Lipinski definition) is 8. The van der Waals surface area contributed by atoms with E-state index >= 15 is 4.79 Å². The molecular formula is C46H35ClFN3O7. The van der Waals surface area contributed by atoms with Gasteiger partial charge in [0.1, 0.15) is 5.82 Å². The van der Waals surface area contributed by atoms with Crippen LogP contribution in [0, 0.1) is 29.5 Å². The maximum atomic E-state index is 15.3. The number of phenolic OH excluding ortho intramolecular Hbond substituents is 1. The smallest absolute Gasteiger partial charge is 0.260 e. The van der Waals surface area contributed by atoms with Crippen molar-refractivity contribution in [3.8, 4) is 11.5 Å². The van der Waals surface area contributed by atoms with E-state index in [-0.39, 0.29) is 30.1 Å². The van der Waals surface area contributed by atoms with Crippen LogP contribution >= 0.6 is 11.6 Å². The summed E-state index contributed by atoms with van der Waals surface area (Å²) < 4.78 is 19.3. The number of phenols is 1. The Kier molecular flexibility index (Phi) is 9.00. The summed E-state index contributed by atoms with van der Waals surface area (Å²) >= 11 is 6.38. The van der Waals surface area contributed by atoms with Gasteiger partial charge in [0.25, 0.3) is 11.8 Å². The first-order valence-corrected chi connectivity index (χ1v) is 19.2. The molecular weight excluding hydrogens is 761 g/mol. The van der Waals surface area contributed by atoms with Crippen molar-refractivity contribution < 1.29 is 38.2 Å². The van der Waals surface area contributed by atoms with Crippen LogP contribution < -0.4 is 15.1 Å². The number of fused-ring (bicyclic) bond motifs is 4. The van der Waals surface area contributed by atoms with Gasteiger partial charge < -0.3 is 9.84 Å². The van der Waals surface area contributed by atoms with Crippen LogP contribution in [0.1, 0.15) is 45.8 Å². The third-order valence-corrected chi connectivity index (χ3v) is 12.5. The maximum absolute atomic E-state index is 15.3. The first kappa shape index (κ1) is 37.0. The number of methoxy groups -OCH3 is 1. The van der Waals surface area contributed by atoms with E-state index in [1.807, 2.05) is 12.1 Å². The fourth-order valence-electron chi connectivity index (χ4n) is 9.69. The average Bonchev–Trinajstić information content (AvgIpc) is 3.62. The molecule has 0 spiro atoms. The van der Waals surface area contributed by atoms with E-state index in [0.29, 0.717) is 44.2 Å². The van der Waals surface area contributed by atoms with Crippen LogP contribution in [0.5, 0.6) is 11.5 Å². The van der Waals surface area contributed by atoms with Gasteiger partial charge in [-0.1, -0.05) is 71.8 Å². The normalized spacial score (nSPS) is 24.9. The second-order valence-corrected chi connectivity index (χ2v) is 15.5. The first-order valence-electron chi connectivity index (χ1n) is 18.8. The summed E-state index contributed by atoms with van der Waals surface area (Å²) in [5.41, 5.74) is 4.50. The number of hydrogen-bond donors (Lipinski definition) is 2. The molecule has 1 saturated carbocycles. The molecule has 6 atom stereocenters. The summed E-state index contributed by atoms with van der Waals surface area (Å²) in [6, 6.07) is 31.9. The Labute approximate surface area is 337 Å². The fraction of sp³-hybridized carbons (Fsp3) is 0.196. The molecule has 0 bridgehead atoms. The van der Waals surface area contributed by atoms with Gasteiger partial charge in [0.05, 0.1) is 41.7 Å². The number of aromatic hydroxyl groups is 1. The third-order valence-electron chi connectivity index (χ3n) is 12.2. The lowest BCUT2D eigenvalue weighted by atomic mass is 9.49. The molecule has 2 aliphatic heterocycles. The molecule has 290 valence electrons. The lowest BCUT2D eigenvalue weighted by Crippen LogP contribution is -2.53. The minimum absolute atomic E-state index is 0.0395. The predicted molar refractivity (Wildman–Crippen MR) is 212 cm³/mol. The minimum Gasteiger partial charge on any atom is -0.504 e. The molecule has 4 amide bonds. The van der Waals surface area contributed by atoms with Gasteiger partial charge in [0.2, 0.25) is 11.8 Å². The number of hydrazine groups is 1. The summed E-state index contributed by atoms with van der Waals surface area (Å²) in [4.78, 5) is 73.5. The highest BCUT2D eigenvalue weighted by Gasteiger charge is 2.70. The summed E-state index contributed by atoms with van der Waals surface area (Å²) in [6.45, 7) is 0. The van der Waals surface area contributed by atoms with Gasteiger partial charge in [0, 0.05) is 22.1 Å². The fourth-order valence-corrected chi connectivity index (χ4v) is 9.82. The van der Waals surface area contributed by atoms with Crippen molar-refractivity contribution in [2.24, 2.45) is 23.7 Å². The molecule has 2 N–H and O–H groups in total. The zero-order valence-corrected chi connectivity index (χ0v) is 31.7. The number of amides is 4. The van der Waals surface area contributed by atoms with Gasteiger partial charge in [-0.25, -0.2) is 4.39 Å². The number of anilines is 2. The topological polar surface area (TPSA) is 133 Å². The Hall–Kier alpha value is -6.59. The number of benzene rings is 5. The number of imide groups is 2. The molecule has 6 unspecified atom stereocenters. The van der Waals surface area contributed by atoms with Crippen molar-refractivity contribution in [3.05, 3.63) is 166 Å². The van der Waals surface area contributed by atoms with Gasteiger partial charge in [-0.2, -0.15) is 5.01 Å². The largest absolute Gasteiger partial charge is 0.504 e. The van der Waals surface area contributed by atoms with E-state index in [1.54, 1.807) is 84.9 Å². The summed E-state index contributed by atoms with van der Waals surface area (Å²) in [7, 11) is 1.42. The second kappa shape index (κ2) is 14.1. The van der Waals surface area contributed by atoms with Crippen molar-refractivity contribution in [1.82, 2.24) is 5.01 Å². The maximum Gasteiger partial charge on any atom is 0.260 e. The van der Waals surface area contributed by atoms with Crippen molar-refractivity contribution >= 4 is 52.4 Å². The molecule has 58 heavy (non-hydrogen) atoms. The molecule has 9 rings (SSSR count). The SMILES string of the molecule is COc1ccc(C2C3=CCC4C(=O)N(c5ccc(C(=O)c6ccccc6)cc5)C(=O)C4C3CC3C(=O)N(Nc4ccc(F)cc4)C(=O)C32c2ccc(Cl)cc2)cc1O. The molecule has 0 aromatic heterocycles. The van der Waals surface area contributed by atoms with Crippen molar-refractivity contribution in [1.29, 1.82) is 0 Å². The van der Waals surface area contributed by atoms with Crippen LogP contribution in [0.4, 0.5) is 15.8 Å². The minimum atomic E-state index is -1.61. The number of nitrogens with one attached hydrogen (secondary N) is 1. The molecule has 12 heteroatoms. The lowest BCUT2D eigenvalue weighted by Gasteiger charge is -2.50. The number of allylic oxidation sites excluding steroid dienone is 2. The van der Waals surface area contributed by atoms with Gasteiger partial charge in [-0.3, -0.25) is 34.3 Å². The van der Waals surface area contributed by atoms with E-state index in [0.717, 1.165) is 5.01 Å².